The molecule has 0 saturated carbocycles. The maximum atomic E-state index is 13.4. The number of para-hydroxylation sites is 1. The predicted octanol–water partition coefficient (Wildman–Crippen LogP) is 0.661. The SMILES string of the molecule is Cc1nc(Cn2c(=O)c3c(nc(N4CCCC(N)C4)n3C)n(C)c2=O)nc2ccccc12. The van der Waals surface area contributed by atoms with E-state index in [1.54, 1.807) is 18.7 Å². The monoisotopic (exact) mass is 434 g/mol. The molecule has 4 aromatic rings. The van der Waals surface area contributed by atoms with E-state index in [1.807, 2.05) is 31.2 Å². The number of aryl methyl sites for hydroxylation is 3. The standard InChI is InChI=1S/C22H26N8O2/c1-13-15-8-4-5-9-16(15)25-17(24-13)12-30-20(31)18-19(28(3)22(30)32)26-21(27(18)2)29-10-6-7-14(23)11-29/h4-5,8-9,14H,6-7,10-12,23H2,1-3H3. The first kappa shape index (κ1) is 20.4. The number of rotatable bonds is 3. The molecular weight excluding hydrogens is 408 g/mol. The van der Waals surface area contributed by atoms with E-state index in [4.69, 9.17) is 5.73 Å². The molecule has 0 aliphatic carbocycles. The van der Waals surface area contributed by atoms with Crippen molar-refractivity contribution in [3.05, 3.63) is 56.6 Å². The van der Waals surface area contributed by atoms with Gasteiger partial charge >= 0.3 is 5.69 Å². The van der Waals surface area contributed by atoms with Crippen LogP contribution in [0.1, 0.15) is 24.4 Å². The smallest absolute Gasteiger partial charge is 0.332 e. The summed E-state index contributed by atoms with van der Waals surface area (Å²) in [5, 5.41) is 0.947. The Morgan fingerprint density at radius 1 is 1.09 bits per heavy atom. The van der Waals surface area contributed by atoms with Crippen LogP contribution in [-0.2, 0) is 20.6 Å². The highest BCUT2D eigenvalue weighted by Gasteiger charge is 2.25. The number of imidazole rings is 1. The van der Waals surface area contributed by atoms with Crippen molar-refractivity contribution in [1.29, 1.82) is 0 Å². The van der Waals surface area contributed by atoms with Crippen LogP contribution >= 0.6 is 0 Å². The Hall–Kier alpha value is -3.53. The Morgan fingerprint density at radius 2 is 1.88 bits per heavy atom. The van der Waals surface area contributed by atoms with Gasteiger partial charge in [-0.2, -0.15) is 4.98 Å². The third kappa shape index (κ3) is 3.18. The van der Waals surface area contributed by atoms with Gasteiger partial charge in [0.2, 0.25) is 5.95 Å². The van der Waals surface area contributed by atoms with E-state index in [1.165, 1.54) is 9.13 Å². The van der Waals surface area contributed by atoms with E-state index < -0.39 is 11.2 Å². The van der Waals surface area contributed by atoms with Crippen molar-refractivity contribution in [2.24, 2.45) is 19.8 Å². The Labute approximate surface area is 183 Å². The fourth-order valence-electron chi connectivity index (χ4n) is 4.55. The summed E-state index contributed by atoms with van der Waals surface area (Å²) in [5.74, 6) is 1.07. The van der Waals surface area contributed by atoms with E-state index in [-0.39, 0.29) is 12.6 Å². The molecule has 1 aliphatic rings. The fourth-order valence-corrected chi connectivity index (χ4v) is 4.55. The highest BCUT2D eigenvalue weighted by molar-refractivity contribution is 5.80. The van der Waals surface area contributed by atoms with Crippen LogP contribution in [0.3, 0.4) is 0 Å². The molecule has 1 atom stereocenters. The summed E-state index contributed by atoms with van der Waals surface area (Å²) in [6.45, 7) is 3.37. The van der Waals surface area contributed by atoms with Crippen LogP contribution < -0.4 is 21.9 Å². The molecule has 5 rings (SSSR count). The maximum Gasteiger partial charge on any atom is 0.332 e. The molecule has 3 aromatic heterocycles. The highest BCUT2D eigenvalue weighted by atomic mass is 16.2. The first-order valence-electron chi connectivity index (χ1n) is 10.7. The van der Waals surface area contributed by atoms with E-state index in [9.17, 15) is 9.59 Å². The average molecular weight is 435 g/mol. The molecule has 2 N–H and O–H groups in total. The van der Waals surface area contributed by atoms with Gasteiger partial charge < -0.3 is 15.2 Å². The third-order valence-corrected chi connectivity index (χ3v) is 6.22. The van der Waals surface area contributed by atoms with Gasteiger partial charge in [-0.3, -0.25) is 13.9 Å². The second-order valence-electron chi connectivity index (χ2n) is 8.47. The molecule has 4 heterocycles. The number of hydrogen-bond acceptors (Lipinski definition) is 7. The molecule has 1 aromatic carbocycles. The first-order chi connectivity index (χ1) is 15.3. The third-order valence-electron chi connectivity index (χ3n) is 6.22. The van der Waals surface area contributed by atoms with Crippen molar-refractivity contribution in [2.75, 3.05) is 18.0 Å². The minimum atomic E-state index is -0.447. The quantitative estimate of drug-likeness (QED) is 0.503. The Morgan fingerprint density at radius 3 is 2.66 bits per heavy atom. The number of anilines is 1. The van der Waals surface area contributed by atoms with Crippen molar-refractivity contribution < 1.29 is 0 Å². The summed E-state index contributed by atoms with van der Waals surface area (Å²) in [6.07, 6.45) is 1.93. The molecule has 32 heavy (non-hydrogen) atoms. The zero-order valence-corrected chi connectivity index (χ0v) is 18.4. The van der Waals surface area contributed by atoms with Gasteiger partial charge in [-0.25, -0.2) is 14.8 Å². The topological polar surface area (TPSA) is 117 Å². The van der Waals surface area contributed by atoms with Crippen LogP contribution in [0.4, 0.5) is 5.95 Å². The lowest BCUT2D eigenvalue weighted by atomic mass is 10.1. The van der Waals surface area contributed by atoms with E-state index in [0.717, 1.165) is 36.0 Å². The van der Waals surface area contributed by atoms with Crippen LogP contribution in [0.25, 0.3) is 22.1 Å². The molecular formula is C22H26N8O2. The van der Waals surface area contributed by atoms with Gasteiger partial charge in [0.05, 0.1) is 12.1 Å². The summed E-state index contributed by atoms with van der Waals surface area (Å²) in [6, 6.07) is 7.75. The molecule has 1 aliphatic heterocycles. The Bertz CT molecular complexity index is 1470. The van der Waals surface area contributed by atoms with Gasteiger partial charge in [0, 0.05) is 44.3 Å². The lowest BCUT2D eigenvalue weighted by Crippen LogP contribution is -2.43. The first-order valence-corrected chi connectivity index (χ1v) is 10.7. The van der Waals surface area contributed by atoms with Gasteiger partial charge in [0.25, 0.3) is 5.56 Å². The van der Waals surface area contributed by atoms with Gasteiger partial charge in [0.1, 0.15) is 5.82 Å². The van der Waals surface area contributed by atoms with Crippen molar-refractivity contribution in [1.82, 2.24) is 28.7 Å². The van der Waals surface area contributed by atoms with Crippen molar-refractivity contribution in [2.45, 2.75) is 32.4 Å². The summed E-state index contributed by atoms with van der Waals surface area (Å²) in [4.78, 5) is 42.4. The molecule has 1 saturated heterocycles. The van der Waals surface area contributed by atoms with Crippen LogP contribution in [0.2, 0.25) is 0 Å². The molecule has 1 fully saturated rings. The summed E-state index contributed by atoms with van der Waals surface area (Å²) < 4.78 is 4.36. The number of piperidine rings is 1. The molecule has 1 unspecified atom stereocenters. The predicted molar refractivity (Wildman–Crippen MR) is 123 cm³/mol. The zero-order chi connectivity index (χ0) is 22.6. The Balaban J connectivity index is 1.64. The van der Waals surface area contributed by atoms with E-state index >= 15 is 0 Å². The largest absolute Gasteiger partial charge is 0.341 e. The van der Waals surface area contributed by atoms with E-state index in [2.05, 4.69) is 19.9 Å². The van der Waals surface area contributed by atoms with Crippen LogP contribution in [0.5, 0.6) is 0 Å². The minimum absolute atomic E-state index is 0.0117. The number of hydrogen-bond donors (Lipinski definition) is 1. The Kier molecular flexibility index (Phi) is 4.81. The number of aromatic nitrogens is 6. The zero-order valence-electron chi connectivity index (χ0n) is 18.4. The molecule has 0 radical (unpaired) electrons. The lowest BCUT2D eigenvalue weighted by molar-refractivity contribution is 0.497. The van der Waals surface area contributed by atoms with Crippen molar-refractivity contribution in [3.63, 3.8) is 0 Å². The van der Waals surface area contributed by atoms with Crippen LogP contribution in [0, 0.1) is 6.92 Å². The van der Waals surface area contributed by atoms with Gasteiger partial charge in [0.15, 0.2) is 11.2 Å². The second-order valence-corrected chi connectivity index (χ2v) is 8.47. The molecule has 166 valence electrons. The summed E-state index contributed by atoms with van der Waals surface area (Å²) in [7, 11) is 3.43. The molecule has 10 nitrogen and oxygen atoms in total. The number of nitrogens with zero attached hydrogens (tertiary/aromatic N) is 7. The van der Waals surface area contributed by atoms with Crippen molar-refractivity contribution >= 4 is 28.0 Å². The second kappa shape index (κ2) is 7.56. The average Bonchev–Trinajstić information content (AvgIpc) is 3.13. The lowest BCUT2D eigenvalue weighted by Gasteiger charge is -2.31. The van der Waals surface area contributed by atoms with E-state index in [0.29, 0.717) is 29.5 Å². The molecule has 0 bridgehead atoms. The maximum absolute atomic E-state index is 13.4. The normalized spacial score (nSPS) is 16.9. The molecule has 0 spiro atoms. The minimum Gasteiger partial charge on any atom is -0.341 e. The number of fused-ring (bicyclic) bond motifs is 2. The number of nitrogens with two attached hydrogens (primary N) is 1. The summed E-state index contributed by atoms with van der Waals surface area (Å²) in [5.41, 5.74) is 7.62. The fraction of sp³-hybridized carbons (Fsp3) is 0.409. The molecule has 0 amide bonds. The number of benzene rings is 1. The van der Waals surface area contributed by atoms with Crippen LogP contribution in [0.15, 0.2) is 33.9 Å². The van der Waals surface area contributed by atoms with Gasteiger partial charge in [-0.1, -0.05) is 18.2 Å². The van der Waals surface area contributed by atoms with Crippen molar-refractivity contribution in [3.8, 4) is 0 Å². The van der Waals surface area contributed by atoms with Gasteiger partial charge in [-0.15, -0.1) is 0 Å². The molecule has 10 heteroatoms. The van der Waals surface area contributed by atoms with Crippen LogP contribution in [-0.4, -0.2) is 47.8 Å². The summed E-state index contributed by atoms with van der Waals surface area (Å²) >= 11 is 0. The van der Waals surface area contributed by atoms with Gasteiger partial charge in [-0.05, 0) is 25.8 Å². The highest BCUT2D eigenvalue weighted by Crippen LogP contribution is 2.21.